The molecular formula is C11H21O3P. The quantitative estimate of drug-likeness (QED) is 0.715. The molecule has 0 saturated carbocycles. The van der Waals surface area contributed by atoms with Gasteiger partial charge in [-0.2, -0.15) is 0 Å². The van der Waals surface area contributed by atoms with Crippen molar-refractivity contribution in [2.45, 2.75) is 45.6 Å². The number of hydrogen-bond donors (Lipinski definition) is 1. The maximum absolute atomic E-state index is 12.5. The maximum atomic E-state index is 12.5. The Bertz CT molecular complexity index is 273. The maximum Gasteiger partial charge on any atom is 0.227 e. The molecule has 4 heteroatoms. The molecule has 88 valence electrons. The van der Waals surface area contributed by atoms with Gasteiger partial charge in [-0.1, -0.05) is 13.3 Å². The molecule has 0 aromatic rings. The van der Waals surface area contributed by atoms with Gasteiger partial charge in [0.1, 0.15) is 0 Å². The monoisotopic (exact) mass is 232 g/mol. The van der Waals surface area contributed by atoms with Crippen molar-refractivity contribution in [2.75, 3.05) is 12.8 Å². The molecule has 1 rings (SSSR count). The van der Waals surface area contributed by atoms with E-state index in [1.165, 1.54) is 0 Å². The Labute approximate surface area is 92.0 Å². The highest BCUT2D eigenvalue weighted by molar-refractivity contribution is 7.63. The second kappa shape index (κ2) is 5.83. The Kier molecular flexibility index (Phi) is 5.04. The third-order valence-electron chi connectivity index (χ3n) is 2.66. The number of aliphatic hydroxyl groups excluding tert-OH is 1. The molecule has 1 aliphatic rings. The van der Waals surface area contributed by atoms with Crippen LogP contribution in [-0.4, -0.2) is 24.0 Å². The van der Waals surface area contributed by atoms with Crippen LogP contribution in [0.1, 0.15) is 39.5 Å². The van der Waals surface area contributed by atoms with Crippen LogP contribution in [0.3, 0.4) is 0 Å². The summed E-state index contributed by atoms with van der Waals surface area (Å²) in [5.74, 6) is 0. The molecule has 0 saturated heterocycles. The van der Waals surface area contributed by atoms with Crippen LogP contribution in [0, 0.1) is 0 Å². The average molecular weight is 232 g/mol. The van der Waals surface area contributed by atoms with E-state index in [-0.39, 0.29) is 0 Å². The molecule has 0 fully saturated rings. The van der Waals surface area contributed by atoms with Gasteiger partial charge in [0.15, 0.2) is 0 Å². The van der Waals surface area contributed by atoms with Gasteiger partial charge in [-0.15, -0.1) is 0 Å². The Morgan fingerprint density at radius 3 is 2.80 bits per heavy atom. The van der Waals surface area contributed by atoms with Gasteiger partial charge in [0.05, 0.1) is 12.7 Å². The summed E-state index contributed by atoms with van der Waals surface area (Å²) in [6.07, 6.45) is 5.29. The summed E-state index contributed by atoms with van der Waals surface area (Å²) >= 11 is 0. The molecule has 0 aromatic carbocycles. The van der Waals surface area contributed by atoms with Gasteiger partial charge >= 0.3 is 0 Å². The van der Waals surface area contributed by atoms with Crippen LogP contribution in [0.2, 0.25) is 0 Å². The van der Waals surface area contributed by atoms with Crippen LogP contribution >= 0.6 is 7.37 Å². The molecule has 0 aliphatic heterocycles. The topological polar surface area (TPSA) is 46.5 Å². The molecule has 1 aliphatic carbocycles. The third kappa shape index (κ3) is 3.44. The normalized spacial score (nSPS) is 25.0. The summed E-state index contributed by atoms with van der Waals surface area (Å²) < 4.78 is 18.0. The zero-order valence-corrected chi connectivity index (χ0v) is 10.5. The Hall–Kier alpha value is -0.110. The largest absolute Gasteiger partial charge is 0.389 e. The lowest BCUT2D eigenvalue weighted by Crippen LogP contribution is -1.97. The summed E-state index contributed by atoms with van der Waals surface area (Å²) in [5.41, 5.74) is 0. The molecule has 0 amide bonds. The molecule has 2 atom stereocenters. The lowest BCUT2D eigenvalue weighted by atomic mass is 10.3. The fraction of sp³-hybridized carbons (Fsp3) is 0.818. The molecule has 0 radical (unpaired) electrons. The first-order valence-corrected chi connectivity index (χ1v) is 7.56. The second-order valence-corrected chi connectivity index (χ2v) is 6.56. The molecule has 1 unspecified atom stereocenters. The average Bonchev–Trinajstić information content (AvgIpc) is 2.63. The minimum absolute atomic E-state index is 0.421. The molecule has 0 spiro atoms. The molecule has 0 aromatic heterocycles. The van der Waals surface area contributed by atoms with E-state index in [2.05, 4.69) is 6.92 Å². The van der Waals surface area contributed by atoms with E-state index in [4.69, 9.17) is 4.52 Å². The molecule has 0 heterocycles. The zero-order valence-electron chi connectivity index (χ0n) is 9.61. The van der Waals surface area contributed by atoms with Gasteiger partial charge in [-0.25, -0.2) is 0 Å². The smallest absolute Gasteiger partial charge is 0.227 e. The number of allylic oxidation sites excluding steroid dienone is 1. The first-order valence-electron chi connectivity index (χ1n) is 5.75. The van der Waals surface area contributed by atoms with Crippen molar-refractivity contribution in [1.29, 1.82) is 0 Å². The molecule has 3 nitrogen and oxygen atoms in total. The van der Waals surface area contributed by atoms with E-state index in [0.29, 0.717) is 19.2 Å². The highest BCUT2D eigenvalue weighted by Crippen LogP contribution is 2.58. The number of unbranched alkanes of at least 4 members (excludes halogenated alkanes) is 1. The Morgan fingerprint density at radius 1 is 1.60 bits per heavy atom. The Balaban J connectivity index is 2.72. The minimum Gasteiger partial charge on any atom is -0.389 e. The van der Waals surface area contributed by atoms with Crippen molar-refractivity contribution in [3.05, 3.63) is 11.4 Å². The SMILES string of the molecule is CCCCP(=O)(OCC)C1=C[C@@H](O)CC1. The van der Waals surface area contributed by atoms with E-state index in [9.17, 15) is 9.67 Å². The van der Waals surface area contributed by atoms with E-state index in [1.54, 1.807) is 6.08 Å². The summed E-state index contributed by atoms with van der Waals surface area (Å²) in [7, 11) is -2.62. The summed E-state index contributed by atoms with van der Waals surface area (Å²) in [6.45, 7) is 4.42. The molecule has 1 N–H and O–H groups in total. The highest BCUT2D eigenvalue weighted by Gasteiger charge is 2.31. The van der Waals surface area contributed by atoms with Crippen LogP contribution in [-0.2, 0) is 9.09 Å². The van der Waals surface area contributed by atoms with E-state index in [1.807, 2.05) is 6.92 Å². The van der Waals surface area contributed by atoms with E-state index < -0.39 is 13.5 Å². The third-order valence-corrected chi connectivity index (χ3v) is 5.49. The molecule has 15 heavy (non-hydrogen) atoms. The molecule has 0 bridgehead atoms. The highest BCUT2D eigenvalue weighted by atomic mass is 31.2. The summed E-state index contributed by atoms with van der Waals surface area (Å²) in [6, 6.07) is 0. The van der Waals surface area contributed by atoms with Gasteiger partial charge in [-0.3, -0.25) is 4.57 Å². The first kappa shape index (κ1) is 13.0. The van der Waals surface area contributed by atoms with Crippen molar-refractivity contribution in [2.24, 2.45) is 0 Å². The predicted molar refractivity (Wildman–Crippen MR) is 62.3 cm³/mol. The summed E-state index contributed by atoms with van der Waals surface area (Å²) in [5, 5.41) is 10.3. The van der Waals surface area contributed by atoms with E-state index >= 15 is 0 Å². The number of hydrogen-bond acceptors (Lipinski definition) is 3. The van der Waals surface area contributed by atoms with Crippen molar-refractivity contribution < 1.29 is 14.2 Å². The predicted octanol–water partition coefficient (Wildman–Crippen LogP) is 3.14. The van der Waals surface area contributed by atoms with Crippen molar-refractivity contribution in [3.63, 3.8) is 0 Å². The van der Waals surface area contributed by atoms with Crippen LogP contribution in [0.25, 0.3) is 0 Å². The summed E-state index contributed by atoms with van der Waals surface area (Å²) in [4.78, 5) is 0. The molecular weight excluding hydrogens is 211 g/mol. The number of rotatable bonds is 6. The fourth-order valence-corrected chi connectivity index (χ4v) is 4.44. The van der Waals surface area contributed by atoms with Gasteiger partial charge in [0, 0.05) is 11.5 Å². The van der Waals surface area contributed by atoms with E-state index in [0.717, 1.165) is 24.6 Å². The van der Waals surface area contributed by atoms with Crippen LogP contribution in [0.5, 0.6) is 0 Å². The minimum atomic E-state index is -2.62. The lowest BCUT2D eigenvalue weighted by Gasteiger charge is -2.18. The van der Waals surface area contributed by atoms with Crippen molar-refractivity contribution in [3.8, 4) is 0 Å². The van der Waals surface area contributed by atoms with Gasteiger partial charge < -0.3 is 9.63 Å². The second-order valence-electron chi connectivity index (χ2n) is 3.93. The van der Waals surface area contributed by atoms with Crippen molar-refractivity contribution >= 4 is 7.37 Å². The van der Waals surface area contributed by atoms with Gasteiger partial charge in [0.25, 0.3) is 0 Å². The fourth-order valence-electron chi connectivity index (χ4n) is 1.83. The zero-order chi connectivity index (χ0) is 11.3. The van der Waals surface area contributed by atoms with Gasteiger partial charge in [0.2, 0.25) is 7.37 Å². The lowest BCUT2D eigenvalue weighted by molar-refractivity contribution is 0.223. The number of aliphatic hydroxyl groups is 1. The van der Waals surface area contributed by atoms with Crippen LogP contribution in [0.15, 0.2) is 11.4 Å². The van der Waals surface area contributed by atoms with Gasteiger partial charge in [-0.05, 0) is 32.3 Å². The van der Waals surface area contributed by atoms with Crippen molar-refractivity contribution in [1.82, 2.24) is 0 Å². The van der Waals surface area contributed by atoms with Crippen LogP contribution < -0.4 is 0 Å². The van der Waals surface area contributed by atoms with Crippen LogP contribution in [0.4, 0.5) is 0 Å². The Morgan fingerprint density at radius 2 is 2.33 bits per heavy atom. The first-order chi connectivity index (χ1) is 7.12. The standard InChI is InChI=1S/C11H21O3P/c1-3-5-8-15(13,14-4-2)11-7-6-10(12)9-11/h9-10,12H,3-8H2,1-2H3/t10-,15?/m0/s1.